The number of hydrogen-bond acceptors (Lipinski definition) is 4. The van der Waals surface area contributed by atoms with Crippen LogP contribution >= 0.6 is 15.9 Å². The van der Waals surface area contributed by atoms with Crippen LogP contribution in [0.25, 0.3) is 16.8 Å². The largest absolute Gasteiger partial charge is 0.462 e. The Balaban J connectivity index is 1.56. The molecule has 2 aromatic heterocycles. The Bertz CT molecular complexity index is 1650. The summed E-state index contributed by atoms with van der Waals surface area (Å²) in [5.41, 5.74) is 2.37. The number of rotatable bonds is 5. The van der Waals surface area contributed by atoms with Gasteiger partial charge in [0.25, 0.3) is 5.91 Å². The first-order chi connectivity index (χ1) is 18.8. The number of fused-ring (bicyclic) bond motifs is 2. The van der Waals surface area contributed by atoms with Crippen LogP contribution in [0.5, 0.6) is 0 Å². The fourth-order valence-corrected chi connectivity index (χ4v) is 5.84. The van der Waals surface area contributed by atoms with E-state index in [1.807, 2.05) is 31.2 Å². The Labute approximate surface area is 232 Å². The molecule has 1 amide bonds. The van der Waals surface area contributed by atoms with Gasteiger partial charge < -0.3 is 9.64 Å². The van der Waals surface area contributed by atoms with E-state index in [1.54, 1.807) is 24.0 Å². The molecule has 0 bridgehead atoms. The predicted molar refractivity (Wildman–Crippen MR) is 146 cm³/mol. The molecule has 6 nitrogen and oxygen atoms in total. The van der Waals surface area contributed by atoms with Crippen LogP contribution in [0.1, 0.15) is 76.2 Å². The minimum atomic E-state index is -0.866. The van der Waals surface area contributed by atoms with E-state index in [0.29, 0.717) is 23.1 Å². The number of amides is 1. The molecule has 3 heterocycles. The van der Waals surface area contributed by atoms with Crippen molar-refractivity contribution in [3.05, 3.63) is 92.6 Å². The molecule has 2 aromatic carbocycles. The maximum absolute atomic E-state index is 16.5. The van der Waals surface area contributed by atoms with E-state index in [0.717, 1.165) is 18.4 Å². The monoisotopic (exact) mass is 593 g/mol. The molecule has 1 aliphatic heterocycles. The lowest BCUT2D eigenvalue weighted by molar-refractivity contribution is 0.0528. The number of aromatic nitrogens is 2. The summed E-state index contributed by atoms with van der Waals surface area (Å²) in [4.78, 5) is 28.8. The molecule has 0 N–H and O–H groups in total. The summed E-state index contributed by atoms with van der Waals surface area (Å²) in [6, 6.07) is 13.6. The van der Waals surface area contributed by atoms with Gasteiger partial charge in [0.05, 0.1) is 18.2 Å². The maximum Gasteiger partial charge on any atom is 0.342 e. The lowest BCUT2D eigenvalue weighted by Crippen LogP contribution is -2.39. The van der Waals surface area contributed by atoms with Crippen molar-refractivity contribution in [2.24, 2.45) is 0 Å². The van der Waals surface area contributed by atoms with Crippen molar-refractivity contribution in [1.82, 2.24) is 14.5 Å². The Morgan fingerprint density at radius 1 is 1.13 bits per heavy atom. The highest BCUT2D eigenvalue weighted by atomic mass is 79.9. The van der Waals surface area contributed by atoms with Gasteiger partial charge in [0.1, 0.15) is 22.6 Å². The van der Waals surface area contributed by atoms with Gasteiger partial charge in [-0.25, -0.2) is 18.1 Å². The molecule has 1 atom stereocenters. The summed E-state index contributed by atoms with van der Waals surface area (Å²) in [6.45, 7) is 4.06. The van der Waals surface area contributed by atoms with Crippen molar-refractivity contribution in [2.45, 2.75) is 45.1 Å². The quantitative estimate of drug-likeness (QED) is 0.237. The molecule has 200 valence electrons. The van der Waals surface area contributed by atoms with E-state index in [2.05, 4.69) is 21.0 Å². The number of halogens is 3. The standard InChI is InChI=1S/C30H26BrF2N3O3/c1-3-39-30(38)25-27(21-11-10-19(31)14-23(21)32)34-36-24(18-8-9-18)15-22(26(33)28(25)36)29(37)35-13-12-17-6-4-5-7-20(17)16(35)2/h4-7,10-11,14-16,18H,3,8-9,12-13H2,1-2H3/t16-/m1/s1. The molecular weight excluding hydrogens is 568 g/mol. The number of hydrogen-bond donors (Lipinski definition) is 0. The Morgan fingerprint density at radius 2 is 1.90 bits per heavy atom. The number of nitrogens with zero attached hydrogens (tertiary/aromatic N) is 3. The first-order valence-electron chi connectivity index (χ1n) is 13.1. The molecule has 1 fully saturated rings. The second-order valence-electron chi connectivity index (χ2n) is 10.0. The third kappa shape index (κ3) is 4.33. The van der Waals surface area contributed by atoms with E-state index in [-0.39, 0.29) is 46.5 Å². The van der Waals surface area contributed by atoms with Gasteiger partial charge in [-0.2, -0.15) is 5.10 Å². The lowest BCUT2D eigenvalue weighted by Gasteiger charge is -2.35. The summed E-state index contributed by atoms with van der Waals surface area (Å²) in [5.74, 6) is -2.71. The normalized spacial score (nSPS) is 16.8. The molecule has 0 spiro atoms. The summed E-state index contributed by atoms with van der Waals surface area (Å²) < 4.78 is 38.7. The summed E-state index contributed by atoms with van der Waals surface area (Å²) >= 11 is 3.25. The molecule has 2 aliphatic rings. The Morgan fingerprint density at radius 3 is 2.62 bits per heavy atom. The zero-order chi connectivity index (χ0) is 27.4. The Hall–Kier alpha value is -3.59. The lowest BCUT2D eigenvalue weighted by atomic mass is 9.93. The average molecular weight is 594 g/mol. The molecule has 0 saturated heterocycles. The number of benzene rings is 2. The van der Waals surface area contributed by atoms with Crippen LogP contribution in [0.4, 0.5) is 8.78 Å². The fourth-order valence-electron chi connectivity index (χ4n) is 5.50. The molecule has 0 radical (unpaired) electrons. The minimum Gasteiger partial charge on any atom is -0.462 e. The molecule has 1 aliphatic carbocycles. The summed E-state index contributed by atoms with van der Waals surface area (Å²) in [6.07, 6.45) is 2.36. The molecule has 0 unspecified atom stereocenters. The highest BCUT2D eigenvalue weighted by Crippen LogP contribution is 2.43. The van der Waals surface area contributed by atoms with Crippen molar-refractivity contribution in [2.75, 3.05) is 13.2 Å². The SMILES string of the molecule is CCOC(=O)c1c(-c2ccc(Br)cc2F)nn2c(C3CC3)cc(C(=O)N3CCc4ccccc4[C@H]3C)c(F)c12. The summed E-state index contributed by atoms with van der Waals surface area (Å²) in [5, 5.41) is 4.55. The van der Waals surface area contributed by atoms with Crippen LogP contribution in [0.2, 0.25) is 0 Å². The van der Waals surface area contributed by atoms with Crippen molar-refractivity contribution in [3.63, 3.8) is 0 Å². The topological polar surface area (TPSA) is 63.9 Å². The first kappa shape index (κ1) is 25.7. The van der Waals surface area contributed by atoms with Crippen LogP contribution in [-0.4, -0.2) is 39.5 Å². The summed E-state index contributed by atoms with van der Waals surface area (Å²) in [7, 11) is 0. The van der Waals surface area contributed by atoms with Crippen LogP contribution in [-0.2, 0) is 11.2 Å². The van der Waals surface area contributed by atoms with E-state index in [1.165, 1.54) is 22.2 Å². The highest BCUT2D eigenvalue weighted by Gasteiger charge is 2.37. The Kier molecular flexibility index (Phi) is 6.49. The average Bonchev–Trinajstić information content (AvgIpc) is 3.68. The predicted octanol–water partition coefficient (Wildman–Crippen LogP) is 6.86. The number of esters is 1. The van der Waals surface area contributed by atoms with Gasteiger partial charge >= 0.3 is 5.97 Å². The number of carbonyl (C=O) groups excluding carboxylic acids is 2. The van der Waals surface area contributed by atoms with Gasteiger partial charge in [-0.15, -0.1) is 0 Å². The molecule has 9 heteroatoms. The van der Waals surface area contributed by atoms with Crippen LogP contribution in [0, 0.1) is 11.6 Å². The van der Waals surface area contributed by atoms with E-state index in [9.17, 15) is 9.59 Å². The zero-order valence-corrected chi connectivity index (χ0v) is 23.1. The third-order valence-corrected chi connectivity index (χ3v) is 8.11. The second-order valence-corrected chi connectivity index (χ2v) is 10.9. The molecule has 1 saturated carbocycles. The van der Waals surface area contributed by atoms with Crippen molar-refractivity contribution in [1.29, 1.82) is 0 Å². The third-order valence-electron chi connectivity index (χ3n) is 7.61. The molecular formula is C30H26BrF2N3O3. The van der Waals surface area contributed by atoms with Crippen molar-refractivity contribution in [3.8, 4) is 11.3 Å². The van der Waals surface area contributed by atoms with E-state index in [4.69, 9.17) is 4.74 Å². The van der Waals surface area contributed by atoms with E-state index < -0.39 is 23.5 Å². The van der Waals surface area contributed by atoms with Gasteiger partial charge in [-0.3, -0.25) is 4.79 Å². The first-order valence-corrected chi connectivity index (χ1v) is 13.9. The minimum absolute atomic E-state index is 0.0240. The van der Waals surface area contributed by atoms with Crippen molar-refractivity contribution < 1.29 is 23.1 Å². The van der Waals surface area contributed by atoms with Gasteiger partial charge in [0.15, 0.2) is 5.82 Å². The molecule has 39 heavy (non-hydrogen) atoms. The van der Waals surface area contributed by atoms with Gasteiger partial charge in [-0.1, -0.05) is 40.2 Å². The van der Waals surface area contributed by atoms with Crippen LogP contribution < -0.4 is 0 Å². The molecule has 4 aromatic rings. The number of pyridine rings is 1. The van der Waals surface area contributed by atoms with E-state index >= 15 is 8.78 Å². The fraction of sp³-hybridized carbons (Fsp3) is 0.300. The number of carbonyl (C=O) groups is 2. The second kappa shape index (κ2) is 9.86. The highest BCUT2D eigenvalue weighted by molar-refractivity contribution is 9.10. The zero-order valence-electron chi connectivity index (χ0n) is 21.5. The number of ether oxygens (including phenoxy) is 1. The van der Waals surface area contributed by atoms with Gasteiger partial charge in [0.2, 0.25) is 0 Å². The molecule has 6 rings (SSSR count). The smallest absolute Gasteiger partial charge is 0.342 e. The van der Waals surface area contributed by atoms with Crippen LogP contribution in [0.3, 0.4) is 0 Å². The van der Waals surface area contributed by atoms with Crippen molar-refractivity contribution >= 4 is 33.3 Å². The maximum atomic E-state index is 16.5. The van der Waals surface area contributed by atoms with Gasteiger partial charge in [0, 0.05) is 28.2 Å². The van der Waals surface area contributed by atoms with Crippen LogP contribution in [0.15, 0.2) is 53.0 Å². The van der Waals surface area contributed by atoms with Gasteiger partial charge in [-0.05, 0) is 68.5 Å².